The van der Waals surface area contributed by atoms with Crippen molar-refractivity contribution in [3.63, 3.8) is 0 Å². The topological polar surface area (TPSA) is 59.0 Å². The summed E-state index contributed by atoms with van der Waals surface area (Å²) in [5, 5.41) is 10.8. The number of rotatable bonds is 4. The maximum atomic E-state index is 12.4. The molecule has 2 aromatic carbocycles. The van der Waals surface area contributed by atoms with Crippen molar-refractivity contribution in [3.8, 4) is 0 Å². The zero-order chi connectivity index (χ0) is 21.1. The quantitative estimate of drug-likeness (QED) is 0.593. The van der Waals surface area contributed by atoms with Gasteiger partial charge in [0.05, 0.1) is 16.3 Å². The first-order valence-corrected chi connectivity index (χ1v) is 9.99. The SMILES string of the molecule is Cc1ccc(C(=O)NC(=S)Nc2ccc(Cc3c(C)nn(C)c3C)cc2)c(Cl)c1. The maximum Gasteiger partial charge on any atom is 0.258 e. The van der Waals surface area contributed by atoms with Crippen molar-refractivity contribution in [3.05, 3.63) is 81.1 Å². The second-order valence-electron chi connectivity index (χ2n) is 7.04. The van der Waals surface area contributed by atoms with Gasteiger partial charge in [0.1, 0.15) is 0 Å². The lowest BCUT2D eigenvalue weighted by atomic mass is 10.0. The van der Waals surface area contributed by atoms with Crippen LogP contribution < -0.4 is 10.6 Å². The number of thiocarbonyl (C=S) groups is 1. The second kappa shape index (κ2) is 8.76. The lowest BCUT2D eigenvalue weighted by Crippen LogP contribution is -2.34. The van der Waals surface area contributed by atoms with E-state index >= 15 is 0 Å². The van der Waals surface area contributed by atoms with Gasteiger partial charge in [-0.05, 0) is 68.4 Å². The number of nitrogens with one attached hydrogen (secondary N) is 2. The van der Waals surface area contributed by atoms with Crippen LogP contribution in [0.4, 0.5) is 5.69 Å². The molecule has 3 rings (SSSR count). The van der Waals surface area contributed by atoms with Gasteiger partial charge in [0.25, 0.3) is 5.91 Å². The third-order valence-electron chi connectivity index (χ3n) is 4.85. The highest BCUT2D eigenvalue weighted by Crippen LogP contribution is 2.19. The van der Waals surface area contributed by atoms with E-state index in [1.165, 1.54) is 16.8 Å². The Morgan fingerprint density at radius 2 is 1.83 bits per heavy atom. The molecule has 1 aromatic heterocycles. The summed E-state index contributed by atoms with van der Waals surface area (Å²) < 4.78 is 1.90. The van der Waals surface area contributed by atoms with Gasteiger partial charge in [-0.3, -0.25) is 14.8 Å². The molecule has 3 aromatic rings. The van der Waals surface area contributed by atoms with Crippen LogP contribution in [0, 0.1) is 20.8 Å². The van der Waals surface area contributed by atoms with E-state index < -0.39 is 0 Å². The number of benzene rings is 2. The van der Waals surface area contributed by atoms with E-state index in [9.17, 15) is 4.79 Å². The first-order chi connectivity index (χ1) is 13.7. The Morgan fingerprint density at radius 1 is 1.14 bits per heavy atom. The van der Waals surface area contributed by atoms with E-state index in [0.29, 0.717) is 10.6 Å². The molecule has 0 atom stereocenters. The lowest BCUT2D eigenvalue weighted by Gasteiger charge is -2.11. The molecule has 7 heteroatoms. The maximum absolute atomic E-state index is 12.4. The predicted octanol–water partition coefficient (Wildman–Crippen LogP) is 4.72. The van der Waals surface area contributed by atoms with Gasteiger partial charge in [-0.1, -0.05) is 29.8 Å². The molecule has 0 saturated carbocycles. The van der Waals surface area contributed by atoms with Gasteiger partial charge in [-0.2, -0.15) is 5.10 Å². The van der Waals surface area contributed by atoms with E-state index in [2.05, 4.69) is 22.7 Å². The molecule has 29 heavy (non-hydrogen) atoms. The van der Waals surface area contributed by atoms with E-state index in [1.54, 1.807) is 12.1 Å². The summed E-state index contributed by atoms with van der Waals surface area (Å²) in [6.07, 6.45) is 0.818. The van der Waals surface area contributed by atoms with Crippen LogP contribution in [0.2, 0.25) is 5.02 Å². The summed E-state index contributed by atoms with van der Waals surface area (Å²) in [5.74, 6) is -0.341. The van der Waals surface area contributed by atoms with Crippen molar-refractivity contribution >= 4 is 40.5 Å². The van der Waals surface area contributed by atoms with Crippen LogP contribution in [-0.4, -0.2) is 20.8 Å². The number of amides is 1. The minimum atomic E-state index is -0.341. The van der Waals surface area contributed by atoms with Gasteiger partial charge in [-0.25, -0.2) is 0 Å². The van der Waals surface area contributed by atoms with Crippen LogP contribution in [0.5, 0.6) is 0 Å². The van der Waals surface area contributed by atoms with E-state index in [1.807, 2.05) is 55.9 Å². The molecule has 0 spiro atoms. The molecule has 150 valence electrons. The van der Waals surface area contributed by atoms with Crippen LogP contribution in [0.3, 0.4) is 0 Å². The van der Waals surface area contributed by atoms with Crippen molar-refractivity contribution in [2.24, 2.45) is 7.05 Å². The molecular weight excluding hydrogens is 404 g/mol. The average molecular weight is 427 g/mol. The fourth-order valence-electron chi connectivity index (χ4n) is 3.12. The summed E-state index contributed by atoms with van der Waals surface area (Å²) in [6, 6.07) is 13.2. The largest absolute Gasteiger partial charge is 0.332 e. The Balaban J connectivity index is 1.62. The van der Waals surface area contributed by atoms with Crippen molar-refractivity contribution in [2.75, 3.05) is 5.32 Å². The highest BCUT2D eigenvalue weighted by Gasteiger charge is 2.13. The second-order valence-corrected chi connectivity index (χ2v) is 7.85. The zero-order valence-electron chi connectivity index (χ0n) is 16.8. The molecule has 2 N–H and O–H groups in total. The fourth-order valence-corrected chi connectivity index (χ4v) is 3.65. The first-order valence-electron chi connectivity index (χ1n) is 9.21. The Labute approximate surface area is 181 Å². The third kappa shape index (κ3) is 5.02. The number of nitrogens with zero attached hydrogens (tertiary/aromatic N) is 2. The highest BCUT2D eigenvalue weighted by atomic mass is 35.5. The summed E-state index contributed by atoms with van der Waals surface area (Å²) in [5.41, 5.74) is 6.81. The Kier molecular flexibility index (Phi) is 6.35. The van der Waals surface area contributed by atoms with Crippen LogP contribution in [0.25, 0.3) is 0 Å². The molecular formula is C22H23ClN4OS. The van der Waals surface area contributed by atoms with Crippen LogP contribution in [0.15, 0.2) is 42.5 Å². The number of carbonyl (C=O) groups is 1. The third-order valence-corrected chi connectivity index (χ3v) is 5.36. The number of aromatic nitrogens is 2. The highest BCUT2D eigenvalue weighted by molar-refractivity contribution is 7.80. The van der Waals surface area contributed by atoms with Gasteiger partial charge >= 0.3 is 0 Å². The van der Waals surface area contributed by atoms with Gasteiger partial charge in [0, 0.05) is 30.4 Å². The zero-order valence-corrected chi connectivity index (χ0v) is 18.4. The monoisotopic (exact) mass is 426 g/mol. The smallest absolute Gasteiger partial charge is 0.258 e. The lowest BCUT2D eigenvalue weighted by molar-refractivity contribution is 0.0978. The molecule has 1 amide bonds. The number of hydrogen-bond donors (Lipinski definition) is 2. The summed E-state index contributed by atoms with van der Waals surface area (Å²) in [7, 11) is 1.96. The van der Waals surface area contributed by atoms with E-state index in [0.717, 1.165) is 23.4 Å². The van der Waals surface area contributed by atoms with Crippen molar-refractivity contribution in [1.29, 1.82) is 0 Å². The van der Waals surface area contributed by atoms with Crippen LogP contribution in [0.1, 0.15) is 38.4 Å². The normalized spacial score (nSPS) is 10.7. The average Bonchev–Trinajstić information content (AvgIpc) is 2.89. The molecule has 0 radical (unpaired) electrons. The molecule has 0 saturated heterocycles. The summed E-state index contributed by atoms with van der Waals surface area (Å²) in [4.78, 5) is 12.4. The molecule has 0 aliphatic carbocycles. The van der Waals surface area contributed by atoms with E-state index in [-0.39, 0.29) is 11.0 Å². The standard InChI is InChI=1S/C22H23ClN4OS/c1-13-5-10-18(20(23)11-13)21(28)25-22(29)24-17-8-6-16(7-9-17)12-19-14(2)26-27(4)15(19)3/h5-11H,12H2,1-4H3,(H2,24,25,28,29). The van der Waals surface area contributed by atoms with E-state index in [4.69, 9.17) is 23.8 Å². The van der Waals surface area contributed by atoms with Gasteiger partial charge in [0.15, 0.2) is 5.11 Å². The minimum absolute atomic E-state index is 0.221. The van der Waals surface area contributed by atoms with Crippen LogP contribution >= 0.6 is 23.8 Å². The molecule has 5 nitrogen and oxygen atoms in total. The molecule has 0 fully saturated rings. The fraction of sp³-hybridized carbons (Fsp3) is 0.227. The van der Waals surface area contributed by atoms with Gasteiger partial charge in [-0.15, -0.1) is 0 Å². The van der Waals surface area contributed by atoms with Crippen LogP contribution in [-0.2, 0) is 13.5 Å². The number of anilines is 1. The Morgan fingerprint density at radius 3 is 2.41 bits per heavy atom. The predicted molar refractivity (Wildman–Crippen MR) is 122 cm³/mol. The van der Waals surface area contributed by atoms with Crippen molar-refractivity contribution in [1.82, 2.24) is 15.1 Å². The summed E-state index contributed by atoms with van der Waals surface area (Å²) in [6.45, 7) is 6.02. The number of halogens is 1. The number of hydrogen-bond acceptors (Lipinski definition) is 3. The number of aryl methyl sites for hydroxylation is 3. The Bertz CT molecular complexity index is 1070. The Hall–Kier alpha value is -2.70. The summed E-state index contributed by atoms with van der Waals surface area (Å²) >= 11 is 11.4. The minimum Gasteiger partial charge on any atom is -0.332 e. The van der Waals surface area contributed by atoms with Gasteiger partial charge < -0.3 is 5.32 Å². The first kappa shape index (κ1) is 21.0. The molecule has 0 aliphatic heterocycles. The molecule has 0 bridgehead atoms. The van der Waals surface area contributed by atoms with Crippen molar-refractivity contribution in [2.45, 2.75) is 27.2 Å². The van der Waals surface area contributed by atoms with Crippen molar-refractivity contribution < 1.29 is 4.79 Å². The molecule has 0 aliphatic rings. The molecule has 0 unspecified atom stereocenters. The van der Waals surface area contributed by atoms with Gasteiger partial charge in [0.2, 0.25) is 0 Å². The molecule has 1 heterocycles. The number of carbonyl (C=O) groups excluding carboxylic acids is 1.